The van der Waals surface area contributed by atoms with Crippen LogP contribution in [0, 0.1) is 11.6 Å². The Kier molecular flexibility index (Phi) is 5.83. The summed E-state index contributed by atoms with van der Waals surface area (Å²) >= 11 is 0. The van der Waals surface area contributed by atoms with E-state index in [4.69, 9.17) is 9.47 Å². The van der Waals surface area contributed by atoms with Crippen molar-refractivity contribution in [1.29, 1.82) is 0 Å². The van der Waals surface area contributed by atoms with Gasteiger partial charge in [0.15, 0.2) is 17.9 Å². The standard InChI is InChI=1S/C18H23F2N3O3/c1-12-9-22(10-13(2)26-12)18-15(11-24)7-14(16(19)17(18)20)8-21-23-3-5-25-6-4-23/h7-8,11-13H,3-6,9-10H2,1-2H3/t12-,13+. The molecule has 1 aromatic rings. The molecule has 2 atom stereocenters. The molecule has 0 amide bonds. The van der Waals surface area contributed by atoms with Gasteiger partial charge in [0.25, 0.3) is 0 Å². The zero-order valence-corrected chi connectivity index (χ0v) is 15.0. The number of carbonyl (C=O) groups is 1. The maximum atomic E-state index is 14.8. The topological polar surface area (TPSA) is 54.4 Å². The van der Waals surface area contributed by atoms with Crippen LogP contribution >= 0.6 is 0 Å². The highest BCUT2D eigenvalue weighted by molar-refractivity contribution is 5.90. The number of rotatable bonds is 4. The molecule has 2 aliphatic heterocycles. The Bertz CT molecular complexity index is 683. The summed E-state index contributed by atoms with van der Waals surface area (Å²) in [4.78, 5) is 13.2. The Morgan fingerprint density at radius 1 is 1.12 bits per heavy atom. The lowest BCUT2D eigenvalue weighted by molar-refractivity contribution is -0.00547. The fourth-order valence-corrected chi connectivity index (χ4v) is 3.34. The molecule has 0 aromatic heterocycles. The summed E-state index contributed by atoms with van der Waals surface area (Å²) in [5.74, 6) is -2.03. The third kappa shape index (κ3) is 4.02. The second-order valence-corrected chi connectivity index (χ2v) is 6.62. The smallest absolute Gasteiger partial charge is 0.183 e. The molecule has 3 rings (SSSR count). The first kappa shape index (κ1) is 18.7. The molecule has 6 nitrogen and oxygen atoms in total. The molecule has 0 aliphatic carbocycles. The fraction of sp³-hybridized carbons (Fsp3) is 0.556. The number of ether oxygens (including phenoxy) is 2. The molecule has 26 heavy (non-hydrogen) atoms. The van der Waals surface area contributed by atoms with Crippen molar-refractivity contribution in [2.75, 3.05) is 44.3 Å². The monoisotopic (exact) mass is 367 g/mol. The van der Waals surface area contributed by atoms with Crippen molar-refractivity contribution < 1.29 is 23.0 Å². The van der Waals surface area contributed by atoms with Gasteiger partial charge in [0, 0.05) is 24.2 Å². The van der Waals surface area contributed by atoms with E-state index < -0.39 is 11.6 Å². The summed E-state index contributed by atoms with van der Waals surface area (Å²) in [7, 11) is 0. The van der Waals surface area contributed by atoms with Crippen LogP contribution in [0.4, 0.5) is 14.5 Å². The third-order valence-corrected chi connectivity index (χ3v) is 4.45. The molecule has 2 heterocycles. The van der Waals surface area contributed by atoms with Crippen molar-refractivity contribution in [2.24, 2.45) is 5.10 Å². The largest absolute Gasteiger partial charge is 0.378 e. The second-order valence-electron chi connectivity index (χ2n) is 6.62. The molecule has 0 saturated carbocycles. The number of morpholine rings is 2. The molecule has 8 heteroatoms. The van der Waals surface area contributed by atoms with Crippen LogP contribution < -0.4 is 4.90 Å². The lowest BCUT2D eigenvalue weighted by Gasteiger charge is -2.37. The average molecular weight is 367 g/mol. The molecule has 0 spiro atoms. The van der Waals surface area contributed by atoms with E-state index in [0.717, 1.165) is 0 Å². The molecule has 2 aliphatic rings. The minimum atomic E-state index is -1.03. The van der Waals surface area contributed by atoms with Crippen LogP contribution in [0.1, 0.15) is 29.8 Å². The first-order valence-electron chi connectivity index (χ1n) is 8.74. The van der Waals surface area contributed by atoms with Crippen LogP contribution in [0.5, 0.6) is 0 Å². The lowest BCUT2D eigenvalue weighted by Crippen LogP contribution is -2.46. The molecule has 0 N–H and O–H groups in total. The average Bonchev–Trinajstić information content (AvgIpc) is 2.62. The first-order valence-corrected chi connectivity index (χ1v) is 8.74. The van der Waals surface area contributed by atoms with E-state index in [1.54, 1.807) is 9.91 Å². The van der Waals surface area contributed by atoms with Crippen LogP contribution in [0.2, 0.25) is 0 Å². The Hall–Kier alpha value is -2.06. The molecular formula is C18H23F2N3O3. The number of anilines is 1. The highest BCUT2D eigenvalue weighted by Crippen LogP contribution is 2.30. The second kappa shape index (κ2) is 8.09. The maximum Gasteiger partial charge on any atom is 0.183 e. The Morgan fingerprint density at radius 2 is 1.77 bits per heavy atom. The van der Waals surface area contributed by atoms with Gasteiger partial charge in [-0.15, -0.1) is 0 Å². The molecule has 0 radical (unpaired) electrons. The SMILES string of the molecule is C[C@@H]1CN(c2c(C=O)cc(C=NN3CCOCC3)c(F)c2F)C[C@H](C)O1. The molecule has 1 aromatic carbocycles. The predicted molar refractivity (Wildman–Crippen MR) is 94.0 cm³/mol. The van der Waals surface area contributed by atoms with E-state index in [9.17, 15) is 13.6 Å². The van der Waals surface area contributed by atoms with Gasteiger partial charge in [-0.2, -0.15) is 5.10 Å². The molecule has 2 fully saturated rings. The number of halogens is 2. The number of aldehydes is 1. The summed E-state index contributed by atoms with van der Waals surface area (Å²) < 4.78 is 40.2. The summed E-state index contributed by atoms with van der Waals surface area (Å²) in [6.07, 6.45) is 1.53. The maximum absolute atomic E-state index is 14.8. The predicted octanol–water partition coefficient (Wildman–Crippen LogP) is 2.06. The summed E-state index contributed by atoms with van der Waals surface area (Å²) in [6, 6.07) is 1.34. The highest BCUT2D eigenvalue weighted by Gasteiger charge is 2.28. The molecule has 142 valence electrons. The number of nitrogens with zero attached hydrogens (tertiary/aromatic N) is 3. The van der Waals surface area contributed by atoms with Gasteiger partial charge < -0.3 is 14.4 Å². The van der Waals surface area contributed by atoms with Gasteiger partial charge >= 0.3 is 0 Å². The number of hydrazone groups is 1. The van der Waals surface area contributed by atoms with E-state index >= 15 is 0 Å². The first-order chi connectivity index (χ1) is 12.5. The van der Waals surface area contributed by atoms with Crippen molar-refractivity contribution >= 4 is 18.2 Å². The summed E-state index contributed by atoms with van der Waals surface area (Å²) in [5.41, 5.74) is 0.0471. The van der Waals surface area contributed by atoms with E-state index in [0.29, 0.717) is 45.7 Å². The Labute approximate surface area is 151 Å². The van der Waals surface area contributed by atoms with E-state index in [2.05, 4.69) is 5.10 Å². The Balaban J connectivity index is 1.91. The van der Waals surface area contributed by atoms with E-state index in [-0.39, 0.29) is 29.0 Å². The van der Waals surface area contributed by atoms with Gasteiger partial charge in [-0.25, -0.2) is 8.78 Å². The molecule has 0 unspecified atom stereocenters. The molecule has 2 saturated heterocycles. The third-order valence-electron chi connectivity index (χ3n) is 4.45. The van der Waals surface area contributed by atoms with Crippen molar-refractivity contribution in [3.8, 4) is 0 Å². The van der Waals surface area contributed by atoms with Crippen LogP contribution in [-0.2, 0) is 9.47 Å². The normalized spacial score (nSPS) is 24.3. The summed E-state index contributed by atoms with van der Waals surface area (Å²) in [6.45, 7) is 6.76. The zero-order valence-electron chi connectivity index (χ0n) is 15.0. The number of benzene rings is 1. The van der Waals surface area contributed by atoms with Gasteiger partial charge in [-0.05, 0) is 19.9 Å². The number of hydrogen-bond donors (Lipinski definition) is 0. The zero-order chi connectivity index (χ0) is 18.7. The summed E-state index contributed by atoms with van der Waals surface area (Å²) in [5, 5.41) is 5.89. The lowest BCUT2D eigenvalue weighted by atomic mass is 10.1. The van der Waals surface area contributed by atoms with Gasteiger partial charge in [0.2, 0.25) is 0 Å². The number of hydrogen-bond acceptors (Lipinski definition) is 6. The van der Waals surface area contributed by atoms with Crippen molar-refractivity contribution in [2.45, 2.75) is 26.1 Å². The molecule has 0 bridgehead atoms. The van der Waals surface area contributed by atoms with E-state index in [1.165, 1.54) is 12.3 Å². The Morgan fingerprint density at radius 3 is 2.38 bits per heavy atom. The van der Waals surface area contributed by atoms with Gasteiger partial charge in [-0.3, -0.25) is 9.80 Å². The van der Waals surface area contributed by atoms with Gasteiger partial charge in [0.1, 0.15) is 0 Å². The minimum absolute atomic E-state index is 0.0111. The van der Waals surface area contributed by atoms with Crippen LogP contribution in [0.25, 0.3) is 0 Å². The van der Waals surface area contributed by atoms with E-state index in [1.807, 2.05) is 13.8 Å². The van der Waals surface area contributed by atoms with Crippen LogP contribution in [-0.4, -0.2) is 69.1 Å². The van der Waals surface area contributed by atoms with Gasteiger partial charge in [-0.1, -0.05) is 0 Å². The van der Waals surface area contributed by atoms with Crippen LogP contribution in [0.3, 0.4) is 0 Å². The quantitative estimate of drug-likeness (QED) is 0.602. The fourth-order valence-electron chi connectivity index (χ4n) is 3.34. The number of carbonyl (C=O) groups excluding carboxylic acids is 1. The van der Waals surface area contributed by atoms with Gasteiger partial charge in [0.05, 0.1) is 50.4 Å². The molecular weight excluding hydrogens is 344 g/mol. The van der Waals surface area contributed by atoms with Crippen molar-refractivity contribution in [1.82, 2.24) is 5.01 Å². The van der Waals surface area contributed by atoms with Crippen molar-refractivity contribution in [3.63, 3.8) is 0 Å². The minimum Gasteiger partial charge on any atom is -0.378 e. The highest BCUT2D eigenvalue weighted by atomic mass is 19.2. The van der Waals surface area contributed by atoms with Crippen molar-refractivity contribution in [3.05, 3.63) is 28.8 Å². The van der Waals surface area contributed by atoms with Crippen LogP contribution in [0.15, 0.2) is 11.2 Å².